The van der Waals surface area contributed by atoms with Crippen molar-refractivity contribution in [1.29, 1.82) is 0 Å². The van der Waals surface area contributed by atoms with Gasteiger partial charge >= 0.3 is 0 Å². The van der Waals surface area contributed by atoms with Crippen LogP contribution in [0.1, 0.15) is 51.6 Å². The number of thioether (sulfide) groups is 1. The Hall–Kier alpha value is -0.470. The highest BCUT2D eigenvalue weighted by atomic mass is 32.2. The molecule has 0 aliphatic carbocycles. The van der Waals surface area contributed by atoms with Crippen molar-refractivity contribution >= 4 is 11.8 Å². The summed E-state index contributed by atoms with van der Waals surface area (Å²) in [6, 6.07) is 9.38. The predicted octanol–water partition coefficient (Wildman–Crippen LogP) is 4.64. The van der Waals surface area contributed by atoms with E-state index in [9.17, 15) is 0 Å². The molecule has 0 radical (unpaired) electrons. The van der Waals surface area contributed by atoms with Crippen molar-refractivity contribution in [3.8, 4) is 0 Å². The van der Waals surface area contributed by atoms with E-state index in [0.717, 1.165) is 6.54 Å². The summed E-state index contributed by atoms with van der Waals surface area (Å²) in [5, 5.41) is 3.46. The second-order valence-corrected chi connectivity index (χ2v) is 5.58. The van der Waals surface area contributed by atoms with Gasteiger partial charge in [0.15, 0.2) is 0 Å². The number of hydrogen-bond donors (Lipinski definition) is 1. The lowest BCUT2D eigenvalue weighted by atomic mass is 10.1. The van der Waals surface area contributed by atoms with Crippen molar-refractivity contribution in [3.63, 3.8) is 0 Å². The van der Waals surface area contributed by atoms with E-state index in [1.165, 1.54) is 35.5 Å². The molecule has 1 aromatic rings. The molecule has 1 atom stereocenters. The molecule has 1 nitrogen and oxygen atoms in total. The monoisotopic (exact) mass is 251 g/mol. The molecule has 0 spiro atoms. The number of hydrogen-bond acceptors (Lipinski definition) is 2. The SMILES string of the molecule is CCCCCSc1cccc(C(C)NCC)c1. The van der Waals surface area contributed by atoms with E-state index < -0.39 is 0 Å². The molecule has 0 heterocycles. The van der Waals surface area contributed by atoms with Gasteiger partial charge in [0.05, 0.1) is 0 Å². The van der Waals surface area contributed by atoms with Gasteiger partial charge < -0.3 is 5.32 Å². The largest absolute Gasteiger partial charge is 0.310 e. The van der Waals surface area contributed by atoms with Gasteiger partial charge in [-0.1, -0.05) is 38.8 Å². The number of rotatable bonds is 8. The maximum Gasteiger partial charge on any atom is 0.0292 e. The molecule has 0 aliphatic heterocycles. The van der Waals surface area contributed by atoms with Crippen molar-refractivity contribution < 1.29 is 0 Å². The molecule has 1 unspecified atom stereocenters. The van der Waals surface area contributed by atoms with Crippen LogP contribution in [-0.2, 0) is 0 Å². The first-order valence-electron chi connectivity index (χ1n) is 6.74. The molecule has 0 amide bonds. The molecule has 0 aromatic heterocycles. The van der Waals surface area contributed by atoms with Crippen molar-refractivity contribution in [2.24, 2.45) is 0 Å². The lowest BCUT2D eigenvalue weighted by molar-refractivity contribution is 0.597. The third-order valence-electron chi connectivity index (χ3n) is 2.89. The lowest BCUT2D eigenvalue weighted by Gasteiger charge is -2.13. The quantitative estimate of drug-likeness (QED) is 0.533. The van der Waals surface area contributed by atoms with E-state index in [0.29, 0.717) is 6.04 Å². The molecular formula is C15H25NS. The zero-order valence-electron chi connectivity index (χ0n) is 11.3. The van der Waals surface area contributed by atoms with Crippen molar-refractivity contribution in [3.05, 3.63) is 29.8 Å². The Morgan fingerprint density at radius 2 is 2.06 bits per heavy atom. The highest BCUT2D eigenvalue weighted by Gasteiger charge is 2.04. The predicted molar refractivity (Wildman–Crippen MR) is 78.8 cm³/mol. The van der Waals surface area contributed by atoms with Crippen LogP contribution in [0.5, 0.6) is 0 Å². The molecule has 0 fully saturated rings. The van der Waals surface area contributed by atoms with Crippen molar-refractivity contribution in [2.45, 2.75) is 51.0 Å². The van der Waals surface area contributed by atoms with Gasteiger partial charge in [-0.25, -0.2) is 0 Å². The Bertz CT molecular complexity index is 312. The van der Waals surface area contributed by atoms with E-state index in [2.05, 4.69) is 50.4 Å². The summed E-state index contributed by atoms with van der Waals surface area (Å²) in [6.45, 7) is 7.66. The summed E-state index contributed by atoms with van der Waals surface area (Å²) in [7, 11) is 0. The molecule has 1 rings (SSSR count). The van der Waals surface area contributed by atoms with Gasteiger partial charge in [-0.05, 0) is 43.3 Å². The Kier molecular flexibility index (Phi) is 7.38. The molecule has 2 heteroatoms. The van der Waals surface area contributed by atoms with Crippen molar-refractivity contribution in [1.82, 2.24) is 5.32 Å². The van der Waals surface area contributed by atoms with Crippen LogP contribution in [0.3, 0.4) is 0 Å². The van der Waals surface area contributed by atoms with Crippen LogP contribution < -0.4 is 5.32 Å². The van der Waals surface area contributed by atoms with Gasteiger partial charge in [-0.2, -0.15) is 0 Å². The van der Waals surface area contributed by atoms with E-state index >= 15 is 0 Å². The Labute approximate surface area is 110 Å². The maximum atomic E-state index is 3.46. The topological polar surface area (TPSA) is 12.0 Å². The van der Waals surface area contributed by atoms with E-state index in [1.54, 1.807) is 0 Å². The summed E-state index contributed by atoms with van der Waals surface area (Å²) in [5.41, 5.74) is 1.40. The van der Waals surface area contributed by atoms with Crippen LogP contribution in [0.4, 0.5) is 0 Å². The second kappa shape index (κ2) is 8.60. The summed E-state index contributed by atoms with van der Waals surface area (Å²) in [4.78, 5) is 1.41. The second-order valence-electron chi connectivity index (χ2n) is 4.41. The fraction of sp³-hybridized carbons (Fsp3) is 0.600. The zero-order valence-corrected chi connectivity index (χ0v) is 12.1. The third-order valence-corrected chi connectivity index (χ3v) is 3.97. The van der Waals surface area contributed by atoms with E-state index in [1.807, 2.05) is 11.8 Å². The van der Waals surface area contributed by atoms with Gasteiger partial charge in [0, 0.05) is 10.9 Å². The molecule has 0 bridgehead atoms. The van der Waals surface area contributed by atoms with Gasteiger partial charge in [0.1, 0.15) is 0 Å². The first kappa shape index (κ1) is 14.6. The molecule has 1 N–H and O–H groups in total. The number of benzene rings is 1. The number of unbranched alkanes of at least 4 members (excludes halogenated alkanes) is 2. The summed E-state index contributed by atoms with van der Waals surface area (Å²) >= 11 is 1.98. The molecule has 96 valence electrons. The smallest absolute Gasteiger partial charge is 0.0292 e. The van der Waals surface area contributed by atoms with Gasteiger partial charge in [0.2, 0.25) is 0 Å². The summed E-state index contributed by atoms with van der Waals surface area (Å²) in [5.74, 6) is 1.24. The Balaban J connectivity index is 2.47. The highest BCUT2D eigenvalue weighted by molar-refractivity contribution is 7.99. The van der Waals surface area contributed by atoms with E-state index in [-0.39, 0.29) is 0 Å². The Morgan fingerprint density at radius 1 is 1.24 bits per heavy atom. The molecule has 0 aliphatic rings. The van der Waals surface area contributed by atoms with Crippen LogP contribution in [-0.4, -0.2) is 12.3 Å². The Morgan fingerprint density at radius 3 is 2.76 bits per heavy atom. The minimum Gasteiger partial charge on any atom is -0.310 e. The minimum atomic E-state index is 0.455. The van der Waals surface area contributed by atoms with Crippen LogP contribution in [0, 0.1) is 0 Å². The summed E-state index contributed by atoms with van der Waals surface area (Å²) in [6.07, 6.45) is 3.98. The first-order valence-corrected chi connectivity index (χ1v) is 7.72. The van der Waals surface area contributed by atoms with E-state index in [4.69, 9.17) is 0 Å². The third kappa shape index (κ3) is 5.60. The van der Waals surface area contributed by atoms with Crippen molar-refractivity contribution in [2.75, 3.05) is 12.3 Å². The highest BCUT2D eigenvalue weighted by Crippen LogP contribution is 2.23. The molecular weight excluding hydrogens is 226 g/mol. The van der Waals surface area contributed by atoms with Gasteiger partial charge in [0.25, 0.3) is 0 Å². The van der Waals surface area contributed by atoms with Gasteiger partial charge in [-0.15, -0.1) is 11.8 Å². The molecule has 1 aromatic carbocycles. The fourth-order valence-corrected chi connectivity index (χ4v) is 2.82. The van der Waals surface area contributed by atoms with Crippen LogP contribution in [0.25, 0.3) is 0 Å². The van der Waals surface area contributed by atoms with Crippen LogP contribution in [0.2, 0.25) is 0 Å². The molecule has 0 saturated heterocycles. The molecule has 0 saturated carbocycles. The van der Waals surface area contributed by atoms with Crippen LogP contribution in [0.15, 0.2) is 29.2 Å². The lowest BCUT2D eigenvalue weighted by Crippen LogP contribution is -2.17. The summed E-state index contributed by atoms with van der Waals surface area (Å²) < 4.78 is 0. The average molecular weight is 251 g/mol. The van der Waals surface area contributed by atoms with Gasteiger partial charge in [-0.3, -0.25) is 0 Å². The van der Waals surface area contributed by atoms with Crippen LogP contribution >= 0.6 is 11.8 Å². The number of nitrogens with one attached hydrogen (secondary N) is 1. The standard InChI is InChI=1S/C15H25NS/c1-4-6-7-11-17-15-10-8-9-14(12-15)13(3)16-5-2/h8-10,12-13,16H,4-7,11H2,1-3H3. The zero-order chi connectivity index (χ0) is 12.5. The molecule has 17 heavy (non-hydrogen) atoms. The maximum absolute atomic E-state index is 3.46. The first-order chi connectivity index (χ1) is 8.27. The minimum absolute atomic E-state index is 0.455. The fourth-order valence-electron chi connectivity index (χ4n) is 1.84. The normalized spacial score (nSPS) is 12.6. The average Bonchev–Trinajstić information content (AvgIpc) is 2.35.